The number of carbonyl (C=O) groups is 2. The molecule has 7 nitrogen and oxygen atoms in total. The Hall–Kier alpha value is -3.43. The largest absolute Gasteiger partial charge is 0.506 e. The van der Waals surface area contributed by atoms with Crippen molar-refractivity contribution in [1.29, 1.82) is 0 Å². The van der Waals surface area contributed by atoms with Crippen molar-refractivity contribution in [3.05, 3.63) is 54.1 Å². The van der Waals surface area contributed by atoms with Crippen molar-refractivity contribution in [3.8, 4) is 5.75 Å². The number of anilines is 2. The Morgan fingerprint density at radius 2 is 1.60 bits per heavy atom. The molecule has 0 radical (unpaired) electrons. The highest BCUT2D eigenvalue weighted by Gasteiger charge is 2.28. The molecule has 0 bridgehead atoms. The van der Waals surface area contributed by atoms with Crippen LogP contribution in [0.15, 0.2) is 48.5 Å². The monoisotopic (exact) mass is 422 g/mol. The van der Waals surface area contributed by atoms with E-state index in [2.05, 4.69) is 5.32 Å². The maximum absolute atomic E-state index is 12.5. The molecule has 3 N–H and O–H groups in total. The first-order valence-corrected chi connectivity index (χ1v) is 9.27. The van der Waals surface area contributed by atoms with Crippen molar-refractivity contribution in [2.45, 2.75) is 6.18 Å². The first kappa shape index (κ1) is 21.3. The third-order valence-electron chi connectivity index (χ3n) is 4.64. The van der Waals surface area contributed by atoms with E-state index in [4.69, 9.17) is 0 Å². The van der Waals surface area contributed by atoms with Gasteiger partial charge in [-0.25, -0.2) is 4.79 Å². The van der Waals surface area contributed by atoms with E-state index in [1.807, 2.05) is 17.0 Å². The van der Waals surface area contributed by atoms with Gasteiger partial charge in [-0.05, 0) is 36.4 Å². The van der Waals surface area contributed by atoms with Gasteiger partial charge < -0.3 is 25.5 Å². The Morgan fingerprint density at radius 3 is 2.20 bits per heavy atom. The molecule has 0 spiro atoms. The number of hydrogen-bond donors (Lipinski definition) is 3. The minimum Gasteiger partial charge on any atom is -0.506 e. The van der Waals surface area contributed by atoms with Crippen molar-refractivity contribution in [2.24, 2.45) is 0 Å². The number of aromatic hydroxyl groups is 1. The number of phenols is 1. The third-order valence-corrected chi connectivity index (χ3v) is 4.64. The third kappa shape index (κ3) is 5.56. The van der Waals surface area contributed by atoms with Crippen LogP contribution < -0.4 is 15.5 Å². The molecule has 0 aliphatic carbocycles. The Kier molecular flexibility index (Phi) is 6.34. The molecule has 2 aromatic carbocycles. The van der Waals surface area contributed by atoms with Gasteiger partial charge in [0.25, 0.3) is 5.91 Å². The highest BCUT2D eigenvalue weighted by atomic mass is 19.4. The minimum absolute atomic E-state index is 0.0635. The van der Waals surface area contributed by atoms with Gasteiger partial charge in [0, 0.05) is 37.4 Å². The van der Waals surface area contributed by atoms with Crippen LogP contribution in [0.3, 0.4) is 0 Å². The zero-order chi connectivity index (χ0) is 21.7. The molecule has 1 fully saturated rings. The van der Waals surface area contributed by atoms with Crippen LogP contribution in [0, 0.1) is 0 Å². The highest BCUT2D eigenvalue weighted by Crippen LogP contribution is 2.27. The summed E-state index contributed by atoms with van der Waals surface area (Å²) < 4.78 is 36.5. The number of rotatable bonds is 4. The van der Waals surface area contributed by atoms with E-state index >= 15 is 0 Å². The van der Waals surface area contributed by atoms with Crippen LogP contribution in [0.5, 0.6) is 5.75 Å². The smallest absolute Gasteiger partial charge is 0.405 e. The lowest BCUT2D eigenvalue weighted by Crippen LogP contribution is -2.50. The van der Waals surface area contributed by atoms with Crippen LogP contribution in [0.4, 0.5) is 29.3 Å². The van der Waals surface area contributed by atoms with Crippen LogP contribution >= 0.6 is 0 Å². The number of phenolic OH excluding ortho intramolecular Hbond substituents is 1. The van der Waals surface area contributed by atoms with Crippen molar-refractivity contribution in [1.82, 2.24) is 10.2 Å². The average Bonchev–Trinajstić information content (AvgIpc) is 2.72. The topological polar surface area (TPSA) is 84.9 Å². The zero-order valence-corrected chi connectivity index (χ0v) is 15.9. The second-order valence-electron chi connectivity index (χ2n) is 6.77. The van der Waals surface area contributed by atoms with Crippen LogP contribution in [-0.4, -0.2) is 60.8 Å². The Balaban J connectivity index is 1.50. The van der Waals surface area contributed by atoms with Crippen LogP contribution in [-0.2, 0) is 0 Å². The van der Waals surface area contributed by atoms with Gasteiger partial charge in [0.15, 0.2) is 0 Å². The first-order chi connectivity index (χ1) is 14.2. The summed E-state index contributed by atoms with van der Waals surface area (Å²) in [5.41, 5.74) is 1.21. The van der Waals surface area contributed by atoms with Crippen LogP contribution in [0.2, 0.25) is 0 Å². The second kappa shape index (κ2) is 8.93. The lowest BCUT2D eigenvalue weighted by atomic mass is 10.2. The summed E-state index contributed by atoms with van der Waals surface area (Å²) in [6.07, 6.45) is -4.48. The fraction of sp³-hybridized carbons (Fsp3) is 0.300. The number of para-hydroxylation sites is 2. The summed E-state index contributed by atoms with van der Waals surface area (Å²) in [6.45, 7) is 0.625. The van der Waals surface area contributed by atoms with Gasteiger partial charge in [0.05, 0.1) is 5.69 Å². The first-order valence-electron chi connectivity index (χ1n) is 9.27. The molecule has 1 saturated heterocycles. The Bertz CT molecular complexity index is 895. The summed E-state index contributed by atoms with van der Waals surface area (Å²) in [4.78, 5) is 27.8. The van der Waals surface area contributed by atoms with E-state index < -0.39 is 18.6 Å². The summed E-state index contributed by atoms with van der Waals surface area (Å²) in [5.74, 6) is -0.653. The second-order valence-corrected chi connectivity index (χ2v) is 6.77. The maximum Gasteiger partial charge on any atom is 0.405 e. The summed E-state index contributed by atoms with van der Waals surface area (Å²) in [5, 5.41) is 14.4. The number of piperazine rings is 1. The van der Waals surface area contributed by atoms with Crippen molar-refractivity contribution < 1.29 is 27.9 Å². The summed E-state index contributed by atoms with van der Waals surface area (Å²) in [7, 11) is 0. The molecule has 3 amide bonds. The van der Waals surface area contributed by atoms with Gasteiger partial charge in [0.2, 0.25) is 0 Å². The molecule has 1 heterocycles. The SMILES string of the molecule is O=C(NCC(F)(F)F)c1ccc(NC(=O)N2CCN(c3ccccc3O)CC2)cc1. The summed E-state index contributed by atoms with van der Waals surface area (Å²) >= 11 is 0. The van der Waals surface area contributed by atoms with E-state index in [0.29, 0.717) is 31.9 Å². The fourth-order valence-corrected chi connectivity index (χ4v) is 3.07. The predicted molar refractivity (Wildman–Crippen MR) is 106 cm³/mol. The minimum atomic E-state index is -4.48. The molecule has 10 heteroatoms. The molecule has 2 aromatic rings. The van der Waals surface area contributed by atoms with Crippen molar-refractivity contribution in [3.63, 3.8) is 0 Å². The quantitative estimate of drug-likeness (QED) is 0.707. The number of alkyl halides is 3. The molecule has 0 aromatic heterocycles. The molecule has 0 unspecified atom stereocenters. The van der Waals surface area contributed by atoms with Gasteiger partial charge in [-0.15, -0.1) is 0 Å². The number of amides is 3. The molecule has 3 rings (SSSR count). The maximum atomic E-state index is 12.5. The van der Waals surface area contributed by atoms with E-state index in [1.165, 1.54) is 24.3 Å². The van der Waals surface area contributed by atoms with Crippen molar-refractivity contribution in [2.75, 3.05) is 42.9 Å². The standard InChI is InChI=1S/C20H21F3N4O3/c21-20(22,23)13-24-18(29)14-5-7-15(8-6-14)25-19(30)27-11-9-26(10-12-27)16-3-1-2-4-17(16)28/h1-8,28H,9-13H2,(H,24,29)(H,25,30). The van der Waals surface area contributed by atoms with Crippen LogP contribution in [0.25, 0.3) is 0 Å². The van der Waals surface area contributed by atoms with Crippen molar-refractivity contribution >= 4 is 23.3 Å². The number of nitrogens with zero attached hydrogens (tertiary/aromatic N) is 2. The molecule has 30 heavy (non-hydrogen) atoms. The number of halogens is 3. The molecule has 0 atom stereocenters. The predicted octanol–water partition coefficient (Wildman–Crippen LogP) is 3.04. The van der Waals surface area contributed by atoms with E-state index in [0.717, 1.165) is 5.69 Å². The average molecular weight is 422 g/mol. The summed E-state index contributed by atoms with van der Waals surface area (Å²) in [6, 6.07) is 12.3. The van der Waals surface area contributed by atoms with Gasteiger partial charge >= 0.3 is 12.2 Å². The van der Waals surface area contributed by atoms with Gasteiger partial charge in [-0.3, -0.25) is 4.79 Å². The fourth-order valence-electron chi connectivity index (χ4n) is 3.07. The van der Waals surface area contributed by atoms with E-state index in [9.17, 15) is 27.9 Å². The molecule has 160 valence electrons. The highest BCUT2D eigenvalue weighted by molar-refractivity contribution is 5.95. The van der Waals surface area contributed by atoms with Gasteiger partial charge in [0.1, 0.15) is 12.3 Å². The molecule has 0 saturated carbocycles. The molecular formula is C20H21F3N4O3. The molecule has 1 aliphatic rings. The zero-order valence-electron chi connectivity index (χ0n) is 15.9. The number of urea groups is 1. The number of carbonyl (C=O) groups excluding carboxylic acids is 2. The normalized spacial score (nSPS) is 14.4. The van der Waals surface area contributed by atoms with Crippen LogP contribution in [0.1, 0.15) is 10.4 Å². The van der Waals surface area contributed by atoms with Gasteiger partial charge in [-0.1, -0.05) is 12.1 Å². The Morgan fingerprint density at radius 1 is 0.967 bits per heavy atom. The number of nitrogens with one attached hydrogen (secondary N) is 2. The lowest BCUT2D eigenvalue weighted by molar-refractivity contribution is -0.123. The number of hydrogen-bond acceptors (Lipinski definition) is 4. The Labute approximate surface area is 171 Å². The molecule has 1 aliphatic heterocycles. The van der Waals surface area contributed by atoms with E-state index in [1.54, 1.807) is 22.3 Å². The molecular weight excluding hydrogens is 401 g/mol. The van der Waals surface area contributed by atoms with Gasteiger partial charge in [-0.2, -0.15) is 13.2 Å². The number of benzene rings is 2. The van der Waals surface area contributed by atoms with E-state index in [-0.39, 0.29) is 17.3 Å². The lowest BCUT2D eigenvalue weighted by Gasteiger charge is -2.36.